The summed E-state index contributed by atoms with van der Waals surface area (Å²) < 4.78 is 14.7. The zero-order chi connectivity index (χ0) is 74.3. The first kappa shape index (κ1) is 86.8. The second kappa shape index (κ2) is 47.7. The molecule has 0 aliphatic carbocycles. The van der Waals surface area contributed by atoms with Gasteiger partial charge in [-0.1, -0.05) is 30.1 Å². The third-order valence-corrected chi connectivity index (χ3v) is 18.4. The van der Waals surface area contributed by atoms with E-state index in [1.54, 1.807) is 64.8 Å². The van der Waals surface area contributed by atoms with E-state index in [-0.39, 0.29) is 143 Å². The summed E-state index contributed by atoms with van der Waals surface area (Å²) in [5.74, 6) is -5.43. The third-order valence-electron chi connectivity index (χ3n) is 16.0. The molecule has 32 heteroatoms. The first-order valence-electron chi connectivity index (χ1n) is 34.3. The van der Waals surface area contributed by atoms with Crippen LogP contribution in [0, 0.1) is 18.8 Å². The molecule has 3 heterocycles. The predicted octanol–water partition coefficient (Wildman–Crippen LogP) is 4.34. The Morgan fingerprint density at radius 2 is 1.12 bits per heavy atom. The van der Waals surface area contributed by atoms with Crippen molar-refractivity contribution in [1.29, 1.82) is 0 Å². The van der Waals surface area contributed by atoms with Crippen molar-refractivity contribution in [3.63, 3.8) is 0 Å². The molecule has 2 aromatic rings. The fraction of sp³-hybridized carbons (Fsp3) is 0.691. The van der Waals surface area contributed by atoms with Gasteiger partial charge in [-0.15, -0.1) is 5.06 Å². The molecule has 2 aromatic heterocycles. The summed E-state index contributed by atoms with van der Waals surface area (Å²) in [6.07, 6.45) is 7.65. The van der Waals surface area contributed by atoms with Crippen molar-refractivity contribution in [2.45, 2.75) is 159 Å². The van der Waals surface area contributed by atoms with Crippen molar-refractivity contribution in [2.24, 2.45) is 11.8 Å². The summed E-state index contributed by atoms with van der Waals surface area (Å²) in [5.41, 5.74) is 0.348. The third kappa shape index (κ3) is 35.8. The number of hydroxylamine groups is 2. The summed E-state index contributed by atoms with van der Waals surface area (Å²) in [4.78, 5) is 201. The topological polar surface area (TPSA) is 359 Å². The van der Waals surface area contributed by atoms with E-state index in [9.17, 15) is 67.1 Å². The maximum atomic E-state index is 14.4. The Hall–Kier alpha value is -7.39. The van der Waals surface area contributed by atoms with E-state index in [4.69, 9.17) is 18.4 Å². The van der Waals surface area contributed by atoms with Crippen molar-refractivity contribution in [3.8, 4) is 0 Å². The van der Waals surface area contributed by atoms with Crippen LogP contribution < -0.4 is 21.8 Å². The lowest BCUT2D eigenvalue weighted by Crippen LogP contribution is -2.50. The number of unbranched alkanes of at least 4 members (excludes halogenated alkanes) is 6. The quantitative estimate of drug-likeness (QED) is 0.0471. The molecule has 1 saturated heterocycles. The first-order valence-corrected chi connectivity index (χ1v) is 36.6. The maximum absolute atomic E-state index is 14.4. The molecule has 0 radical (unpaired) electrons. The number of imide groups is 1. The van der Waals surface area contributed by atoms with Gasteiger partial charge in [-0.2, -0.15) is 0 Å². The number of Topliss-reactive ketones (excluding diaryl/α,β-unsaturated/α-hetero) is 4. The Morgan fingerprint density at radius 3 is 1.61 bits per heavy atom. The number of likely N-dealkylation sites (N-methyl/N-ethyl adjacent to an activating group) is 6. The Labute approximate surface area is 595 Å². The number of carbonyl (C=O) groups excluding carboxylic acids is 13. The van der Waals surface area contributed by atoms with Crippen molar-refractivity contribution >= 4 is 98.1 Å². The van der Waals surface area contributed by atoms with E-state index >= 15 is 0 Å². The monoisotopic (exact) mass is 1440 g/mol. The van der Waals surface area contributed by atoms with Gasteiger partial charge in [0.15, 0.2) is 18.1 Å². The van der Waals surface area contributed by atoms with Crippen LogP contribution in [0.4, 0.5) is 4.79 Å². The minimum absolute atomic E-state index is 0.00877. The summed E-state index contributed by atoms with van der Waals surface area (Å²) in [5, 5.41) is 9.39. The summed E-state index contributed by atoms with van der Waals surface area (Å²) in [7, 11) is 20.1. The van der Waals surface area contributed by atoms with Crippen LogP contribution in [0.5, 0.6) is 0 Å². The number of pyridine rings is 1. The molecule has 1 fully saturated rings. The number of carbonyl (C=O) groups is 13. The first-order chi connectivity index (χ1) is 47.4. The molecule has 0 unspecified atom stereocenters. The number of aryl methyl sites for hydroxylation is 1. The average Bonchev–Trinajstić information content (AvgIpc) is 1.30. The van der Waals surface area contributed by atoms with Gasteiger partial charge in [-0.25, -0.2) is 19.4 Å². The van der Waals surface area contributed by atoms with Gasteiger partial charge >= 0.3 is 17.9 Å². The molecule has 1 aliphatic rings. The standard InChI is InChI=1S/C68H108N12O18S2/c1-48-57(97-68(94)96-48)47-95-67(93)77(10)37-34-71-65(91)54(41-64(90)98-80-62(88)30-31-63(80)89)78(11)61(87)27-13-12-22-38-99-100-60-29-28-51(42-72-60)66(92)79(35-20-16-25-55(83)49(39-52(81)43-73(2)3)23-14-18-32-69-58(85)45-75(6)7)36-21-17-26-56(84)50(40-53(82)44-74(4)5)24-15-19-33-70-59(86)46-76(8)9/h28-29,42,49-50,54H,12-27,30-41,43-47H2,1-11H3,(H,69,85)(H,70,86)(H,71,91)/t49-,50-,54+/m1/s1. The van der Waals surface area contributed by atoms with Crippen LogP contribution in [0.25, 0.3) is 0 Å². The zero-order valence-electron chi connectivity index (χ0n) is 60.5. The number of nitrogens with zero attached hydrogens (tertiary/aromatic N) is 9. The van der Waals surface area contributed by atoms with Gasteiger partial charge in [-0.3, -0.25) is 52.7 Å². The summed E-state index contributed by atoms with van der Waals surface area (Å²) in [6.45, 7) is 3.37. The molecular formula is C68H108N12O18S2. The van der Waals surface area contributed by atoms with Crippen LogP contribution in [0.15, 0.2) is 37.0 Å². The molecule has 0 saturated carbocycles. The minimum Gasteiger partial charge on any atom is -0.441 e. The van der Waals surface area contributed by atoms with E-state index < -0.39 is 65.8 Å². The highest BCUT2D eigenvalue weighted by Crippen LogP contribution is 2.31. The van der Waals surface area contributed by atoms with Crippen LogP contribution in [0.1, 0.15) is 157 Å². The van der Waals surface area contributed by atoms with Crippen LogP contribution in [0.3, 0.4) is 0 Å². The van der Waals surface area contributed by atoms with Crippen LogP contribution in [-0.2, 0) is 68.9 Å². The predicted molar refractivity (Wildman–Crippen MR) is 375 cm³/mol. The van der Waals surface area contributed by atoms with E-state index in [1.165, 1.54) is 48.8 Å². The zero-order valence-corrected chi connectivity index (χ0v) is 62.1. The highest BCUT2D eigenvalue weighted by atomic mass is 33.1. The molecule has 100 heavy (non-hydrogen) atoms. The van der Waals surface area contributed by atoms with Gasteiger partial charge in [-0.05, 0) is 150 Å². The fourth-order valence-electron chi connectivity index (χ4n) is 10.7. The molecule has 0 bridgehead atoms. The van der Waals surface area contributed by atoms with Crippen LogP contribution in [-0.4, -0.2) is 269 Å². The maximum Gasteiger partial charge on any atom is 0.519 e. The SMILES string of the molecule is Cc1oc(=O)oc1COC(=O)N(C)CCNC(=O)[C@H](CC(=O)ON1C(=O)CCC1=O)N(C)C(=O)CCCCCSSc1ccc(C(=O)N(CCCCC(=O)[C@H](CCCCNC(=O)CN(C)C)CC(=O)CN(C)C)CCCCC(=O)[C@H](CCCCNC(=O)CN(C)C)CC(=O)CN(C)C)cn1. The number of rotatable bonds is 53. The lowest BCUT2D eigenvalue weighted by Gasteiger charge is -2.27. The number of ketones is 4. The Bertz CT molecular complexity index is 2950. The van der Waals surface area contributed by atoms with Gasteiger partial charge < -0.3 is 68.7 Å². The van der Waals surface area contributed by atoms with Gasteiger partial charge in [0.05, 0.1) is 38.2 Å². The van der Waals surface area contributed by atoms with Crippen molar-refractivity contribution in [1.82, 2.24) is 60.3 Å². The van der Waals surface area contributed by atoms with Gasteiger partial charge in [0, 0.05) is 122 Å². The molecule has 0 aromatic carbocycles. The molecule has 3 atom stereocenters. The highest BCUT2D eigenvalue weighted by molar-refractivity contribution is 8.76. The number of hydrogen-bond donors (Lipinski definition) is 3. The summed E-state index contributed by atoms with van der Waals surface area (Å²) in [6, 6.07) is 2.03. The second-order valence-electron chi connectivity index (χ2n) is 26.2. The Balaban J connectivity index is 1.63. The smallest absolute Gasteiger partial charge is 0.441 e. The van der Waals surface area contributed by atoms with Gasteiger partial charge in [0.2, 0.25) is 23.6 Å². The van der Waals surface area contributed by atoms with Crippen molar-refractivity contribution in [3.05, 3.63) is 46.0 Å². The van der Waals surface area contributed by atoms with Crippen molar-refractivity contribution in [2.75, 3.05) is 142 Å². The number of aromatic nitrogens is 1. The van der Waals surface area contributed by atoms with Gasteiger partial charge in [0.1, 0.15) is 34.2 Å². The second-order valence-corrected chi connectivity index (χ2v) is 28.7. The fourth-order valence-corrected chi connectivity index (χ4v) is 12.7. The molecular weight excluding hydrogens is 1340 g/mol. The molecule has 3 N–H and O–H groups in total. The van der Waals surface area contributed by atoms with E-state index in [0.29, 0.717) is 131 Å². The molecule has 560 valence electrons. The number of ether oxygens (including phenoxy) is 1. The average molecular weight is 1450 g/mol. The lowest BCUT2D eigenvalue weighted by molar-refractivity contribution is -0.198. The lowest BCUT2D eigenvalue weighted by atomic mass is 9.89. The van der Waals surface area contributed by atoms with Crippen LogP contribution >= 0.6 is 21.6 Å². The van der Waals surface area contributed by atoms with Crippen LogP contribution in [0.2, 0.25) is 0 Å². The Kier molecular flexibility index (Phi) is 41.4. The molecule has 3 rings (SSSR count). The number of hydrogen-bond acceptors (Lipinski definition) is 25. The van der Waals surface area contributed by atoms with E-state index in [1.807, 2.05) is 28.2 Å². The normalized spacial score (nSPS) is 13.1. The van der Waals surface area contributed by atoms with Crippen molar-refractivity contribution < 1.29 is 80.7 Å². The van der Waals surface area contributed by atoms with E-state index in [0.717, 1.165) is 9.80 Å². The largest absolute Gasteiger partial charge is 0.519 e. The summed E-state index contributed by atoms with van der Waals surface area (Å²) >= 11 is 0. The molecule has 1 aliphatic heterocycles. The van der Waals surface area contributed by atoms with E-state index in [2.05, 4.69) is 20.9 Å². The van der Waals surface area contributed by atoms with Gasteiger partial charge in [0.25, 0.3) is 17.7 Å². The minimum atomic E-state index is -1.43. The number of amides is 8. The Morgan fingerprint density at radius 1 is 0.590 bits per heavy atom. The molecule has 0 spiro atoms. The molecule has 8 amide bonds. The molecule has 30 nitrogen and oxygen atoms in total. The number of nitrogens with one attached hydrogen (secondary N) is 3. The highest BCUT2D eigenvalue weighted by Gasteiger charge is 2.36.